The summed E-state index contributed by atoms with van der Waals surface area (Å²) in [5, 5.41) is 11.9. The van der Waals surface area contributed by atoms with Gasteiger partial charge in [0, 0.05) is 18.0 Å². The van der Waals surface area contributed by atoms with Crippen LogP contribution in [0.2, 0.25) is 0 Å². The molecule has 112 valence electrons. The van der Waals surface area contributed by atoms with Gasteiger partial charge in [0.25, 0.3) is 0 Å². The van der Waals surface area contributed by atoms with Crippen molar-refractivity contribution >= 4 is 17.6 Å². The highest BCUT2D eigenvalue weighted by Gasteiger charge is 2.29. The number of nitrogens with one attached hydrogen (secondary N) is 1. The molecule has 3 rings (SSSR count). The zero-order chi connectivity index (χ0) is 14.8. The Hall–Kier alpha value is -2.04. The zero-order valence-corrected chi connectivity index (χ0v) is 11.8. The normalized spacial score (nSPS) is 24.0. The average Bonchev–Trinajstić information content (AvgIpc) is 2.95. The molecular weight excluding hydrogens is 270 g/mol. The third kappa shape index (κ3) is 3.01. The molecule has 1 amide bonds. The number of carboxylic acid groups (broad SMARTS) is 1. The molecule has 0 aromatic heterocycles. The number of carboxylic acids is 1. The van der Waals surface area contributed by atoms with Gasteiger partial charge in [-0.2, -0.15) is 0 Å². The Morgan fingerprint density at radius 1 is 1.14 bits per heavy atom. The largest absolute Gasteiger partial charge is 0.493 e. The summed E-state index contributed by atoms with van der Waals surface area (Å²) >= 11 is 0. The summed E-state index contributed by atoms with van der Waals surface area (Å²) in [6, 6.07) is 5.70. The van der Waals surface area contributed by atoms with Crippen LogP contribution in [0.4, 0.5) is 5.69 Å². The maximum absolute atomic E-state index is 12.3. The van der Waals surface area contributed by atoms with Crippen LogP contribution in [-0.2, 0) is 16.0 Å². The van der Waals surface area contributed by atoms with Gasteiger partial charge in [-0.3, -0.25) is 9.59 Å². The molecule has 5 heteroatoms. The van der Waals surface area contributed by atoms with Crippen molar-refractivity contribution in [2.45, 2.75) is 32.1 Å². The highest BCUT2D eigenvalue weighted by Crippen LogP contribution is 2.31. The van der Waals surface area contributed by atoms with E-state index in [1.54, 1.807) is 0 Å². The van der Waals surface area contributed by atoms with E-state index < -0.39 is 5.97 Å². The Morgan fingerprint density at radius 2 is 1.86 bits per heavy atom. The molecule has 0 saturated heterocycles. The number of carbonyl (C=O) groups is 2. The Bertz CT molecular complexity index is 561. The SMILES string of the molecule is O=C(O)C1CCC(C(=O)Nc2ccc3c(c2)CCO3)CC1. The number of amides is 1. The predicted molar refractivity (Wildman–Crippen MR) is 77.4 cm³/mol. The number of carbonyl (C=O) groups excluding carboxylic acids is 1. The molecule has 2 N–H and O–H groups in total. The Balaban J connectivity index is 1.58. The van der Waals surface area contributed by atoms with Gasteiger partial charge < -0.3 is 15.2 Å². The zero-order valence-electron chi connectivity index (χ0n) is 11.8. The van der Waals surface area contributed by atoms with E-state index in [9.17, 15) is 9.59 Å². The van der Waals surface area contributed by atoms with Crippen LogP contribution in [0.15, 0.2) is 18.2 Å². The monoisotopic (exact) mass is 289 g/mol. The van der Waals surface area contributed by atoms with Crippen molar-refractivity contribution < 1.29 is 19.4 Å². The van der Waals surface area contributed by atoms with Crippen LogP contribution < -0.4 is 10.1 Å². The first-order chi connectivity index (χ1) is 10.1. The first-order valence-electron chi connectivity index (χ1n) is 7.43. The van der Waals surface area contributed by atoms with E-state index in [4.69, 9.17) is 9.84 Å². The van der Waals surface area contributed by atoms with Gasteiger partial charge in [-0.05, 0) is 49.4 Å². The Labute approximate surface area is 123 Å². The second kappa shape index (κ2) is 5.76. The molecule has 0 spiro atoms. The third-order valence-corrected chi connectivity index (χ3v) is 4.40. The van der Waals surface area contributed by atoms with Crippen molar-refractivity contribution in [1.82, 2.24) is 0 Å². The van der Waals surface area contributed by atoms with Crippen LogP contribution in [0.1, 0.15) is 31.2 Å². The summed E-state index contributed by atoms with van der Waals surface area (Å²) in [4.78, 5) is 23.2. The van der Waals surface area contributed by atoms with Crippen molar-refractivity contribution in [3.05, 3.63) is 23.8 Å². The number of ether oxygens (including phenoxy) is 1. The minimum Gasteiger partial charge on any atom is -0.493 e. The summed E-state index contributed by atoms with van der Waals surface area (Å²) in [6.07, 6.45) is 3.35. The standard InChI is InChI=1S/C16H19NO4/c18-15(10-1-3-11(4-2-10)16(19)20)17-13-5-6-14-12(9-13)7-8-21-14/h5-6,9-11H,1-4,7-8H2,(H,17,18)(H,19,20). The molecule has 1 aliphatic heterocycles. The van der Waals surface area contributed by atoms with Crippen molar-refractivity contribution in [1.29, 1.82) is 0 Å². The number of anilines is 1. The predicted octanol–water partition coefficient (Wildman–Crippen LogP) is 2.45. The van der Waals surface area contributed by atoms with Crippen LogP contribution in [0, 0.1) is 11.8 Å². The van der Waals surface area contributed by atoms with Crippen LogP contribution in [-0.4, -0.2) is 23.6 Å². The van der Waals surface area contributed by atoms with Crippen molar-refractivity contribution in [2.75, 3.05) is 11.9 Å². The molecule has 1 aromatic rings. The summed E-state index contributed by atoms with van der Waals surface area (Å²) in [5.74, 6) is -0.212. The third-order valence-electron chi connectivity index (χ3n) is 4.40. The van der Waals surface area contributed by atoms with Crippen LogP contribution in [0.25, 0.3) is 0 Å². The number of hydrogen-bond acceptors (Lipinski definition) is 3. The minimum absolute atomic E-state index is 0.00213. The van der Waals surface area contributed by atoms with Gasteiger partial charge in [0.2, 0.25) is 5.91 Å². The second-order valence-electron chi connectivity index (χ2n) is 5.80. The lowest BCUT2D eigenvalue weighted by Gasteiger charge is -2.25. The first kappa shape index (κ1) is 13.9. The van der Waals surface area contributed by atoms with Crippen LogP contribution >= 0.6 is 0 Å². The molecular formula is C16H19NO4. The average molecular weight is 289 g/mol. The molecule has 5 nitrogen and oxygen atoms in total. The van der Waals surface area contributed by atoms with E-state index in [1.807, 2.05) is 18.2 Å². The fourth-order valence-electron chi connectivity index (χ4n) is 3.11. The van der Waals surface area contributed by atoms with Gasteiger partial charge >= 0.3 is 5.97 Å². The Morgan fingerprint density at radius 3 is 2.57 bits per heavy atom. The number of fused-ring (bicyclic) bond motifs is 1. The van der Waals surface area contributed by atoms with E-state index in [0.29, 0.717) is 32.3 Å². The van der Waals surface area contributed by atoms with Gasteiger partial charge in [0.05, 0.1) is 12.5 Å². The lowest BCUT2D eigenvalue weighted by molar-refractivity contribution is -0.143. The number of benzene rings is 1. The van der Waals surface area contributed by atoms with E-state index in [-0.39, 0.29) is 17.7 Å². The van der Waals surface area contributed by atoms with Gasteiger partial charge in [-0.1, -0.05) is 0 Å². The number of rotatable bonds is 3. The molecule has 0 atom stereocenters. The number of aliphatic carboxylic acids is 1. The second-order valence-corrected chi connectivity index (χ2v) is 5.80. The molecule has 0 unspecified atom stereocenters. The highest BCUT2D eigenvalue weighted by molar-refractivity contribution is 5.93. The maximum atomic E-state index is 12.3. The number of hydrogen-bond donors (Lipinski definition) is 2. The molecule has 1 heterocycles. The van der Waals surface area contributed by atoms with Crippen LogP contribution in [0.5, 0.6) is 5.75 Å². The van der Waals surface area contributed by atoms with Gasteiger partial charge in [0.15, 0.2) is 0 Å². The molecule has 1 saturated carbocycles. The van der Waals surface area contributed by atoms with Crippen molar-refractivity contribution in [2.24, 2.45) is 11.8 Å². The molecule has 2 aliphatic rings. The van der Waals surface area contributed by atoms with E-state index in [1.165, 1.54) is 0 Å². The molecule has 21 heavy (non-hydrogen) atoms. The summed E-state index contributed by atoms with van der Waals surface area (Å²) in [5.41, 5.74) is 1.92. The quantitative estimate of drug-likeness (QED) is 0.896. The van der Waals surface area contributed by atoms with Crippen LogP contribution in [0.3, 0.4) is 0 Å². The van der Waals surface area contributed by atoms with Gasteiger partial charge in [-0.15, -0.1) is 0 Å². The Kier molecular flexibility index (Phi) is 3.82. The smallest absolute Gasteiger partial charge is 0.306 e. The maximum Gasteiger partial charge on any atom is 0.306 e. The van der Waals surface area contributed by atoms with Gasteiger partial charge in [0.1, 0.15) is 5.75 Å². The van der Waals surface area contributed by atoms with Crippen molar-refractivity contribution in [3.63, 3.8) is 0 Å². The minimum atomic E-state index is -0.743. The lowest BCUT2D eigenvalue weighted by atomic mass is 9.81. The molecule has 1 fully saturated rings. The van der Waals surface area contributed by atoms with E-state index in [2.05, 4.69) is 5.32 Å². The summed E-state index contributed by atoms with van der Waals surface area (Å²) in [6.45, 7) is 0.700. The molecule has 1 aliphatic carbocycles. The van der Waals surface area contributed by atoms with Crippen molar-refractivity contribution in [3.8, 4) is 5.75 Å². The molecule has 0 bridgehead atoms. The first-order valence-corrected chi connectivity index (χ1v) is 7.43. The summed E-state index contributed by atoms with van der Waals surface area (Å²) in [7, 11) is 0. The molecule has 1 aromatic carbocycles. The molecule has 0 radical (unpaired) electrons. The fraction of sp³-hybridized carbons (Fsp3) is 0.500. The fourth-order valence-corrected chi connectivity index (χ4v) is 3.11. The highest BCUT2D eigenvalue weighted by atomic mass is 16.5. The van der Waals surface area contributed by atoms with E-state index in [0.717, 1.165) is 23.4 Å². The summed E-state index contributed by atoms with van der Waals surface area (Å²) < 4.78 is 5.44. The van der Waals surface area contributed by atoms with Gasteiger partial charge in [-0.25, -0.2) is 0 Å². The topological polar surface area (TPSA) is 75.6 Å². The van der Waals surface area contributed by atoms with E-state index >= 15 is 0 Å². The lowest BCUT2D eigenvalue weighted by Crippen LogP contribution is -2.29.